The maximum atomic E-state index is 13.5. The van der Waals surface area contributed by atoms with Crippen LogP contribution in [-0.4, -0.2) is 81.0 Å². The number of imidazole rings is 1. The molecule has 14 nitrogen and oxygen atoms in total. The van der Waals surface area contributed by atoms with Crippen molar-refractivity contribution >= 4 is 25.6 Å². The number of ether oxygens (including phenoxy) is 4. The third-order valence-electron chi connectivity index (χ3n) is 12.2. The number of nitrogens with one attached hydrogen (secondary N) is 2. The molecule has 2 N–H and O–H groups in total. The predicted molar refractivity (Wildman–Crippen MR) is 240 cm³/mol. The first kappa shape index (κ1) is 45.2. The zero-order chi connectivity index (χ0) is 44.2. The molecule has 1 saturated heterocycles. The van der Waals surface area contributed by atoms with E-state index in [1.54, 1.807) is 20.5 Å². The van der Waals surface area contributed by atoms with Crippen molar-refractivity contribution in [1.29, 1.82) is 5.26 Å². The van der Waals surface area contributed by atoms with Gasteiger partial charge in [0, 0.05) is 24.0 Å². The van der Waals surface area contributed by atoms with Crippen molar-refractivity contribution in [1.82, 2.24) is 24.2 Å². The van der Waals surface area contributed by atoms with Gasteiger partial charge in [-0.3, -0.25) is 14.3 Å². The van der Waals surface area contributed by atoms with Crippen LogP contribution in [0.5, 0.6) is 11.5 Å². The number of methoxy groups -OCH3 is 2. The highest BCUT2D eigenvalue weighted by Crippen LogP contribution is 2.62. The minimum Gasteiger partial charge on any atom is -0.497 e. The summed E-state index contributed by atoms with van der Waals surface area (Å²) >= 11 is 0. The van der Waals surface area contributed by atoms with E-state index in [-0.39, 0.29) is 48.1 Å². The van der Waals surface area contributed by atoms with Crippen molar-refractivity contribution in [2.45, 2.75) is 122 Å². The summed E-state index contributed by atoms with van der Waals surface area (Å²) in [4.78, 5) is 25.8. The fourth-order valence-electron chi connectivity index (χ4n) is 9.04. The van der Waals surface area contributed by atoms with Gasteiger partial charge in [0.05, 0.1) is 45.7 Å². The Morgan fingerprint density at radius 2 is 1.58 bits per heavy atom. The normalized spacial score (nSPS) is 21.4. The highest BCUT2D eigenvalue weighted by atomic mass is 31.2. The SMILES string of the molecule is CCC(C)Nc1nc2c(ncn2C2OC3(C(C)OC(c4ccccc4)(c4ccc(OC)cc4)c4ccc(OC)cc4)CC[C@@H]2[C@H]3OP(OCCC#N)N(C(C)C)C(C)C)c(=O)[nH]1. The molecule has 0 radical (unpaired) electrons. The van der Waals surface area contributed by atoms with Crippen LogP contribution in [0, 0.1) is 17.2 Å². The van der Waals surface area contributed by atoms with Crippen molar-refractivity contribution < 1.29 is 28.0 Å². The average Bonchev–Trinajstić information content (AvgIpc) is 3.96. The quantitative estimate of drug-likeness (QED) is 0.0435. The second-order valence-electron chi connectivity index (χ2n) is 16.7. The predicted octanol–water partition coefficient (Wildman–Crippen LogP) is 9.08. The fraction of sp³-hybridized carbons (Fsp3) is 0.489. The Labute approximate surface area is 365 Å². The van der Waals surface area contributed by atoms with Crippen LogP contribution in [0.15, 0.2) is 90.0 Å². The number of fused-ring (bicyclic) bond motifs is 3. The van der Waals surface area contributed by atoms with Gasteiger partial charge in [-0.2, -0.15) is 10.2 Å². The number of hydrogen-bond acceptors (Lipinski definition) is 12. The summed E-state index contributed by atoms with van der Waals surface area (Å²) in [6.07, 6.45) is 2.25. The standard InChI is InChI=1S/C47H60N7O7P/c1-10-32(6)50-45-51-42-40(43(55)52-45)49-29-53(42)44-39-25-26-46(60-44,41(39)61-62(58-28-14-27-48)54(30(2)3)31(4)5)33(7)59-47(34-15-12-11-13-16-34,35-17-21-37(56-8)22-18-35)36-19-23-38(57-9)24-20-36/h11-13,15-24,29-33,39,41,44H,10,14,25-26,28H2,1-9H3,(H2,50,51,52,55)/t32?,33?,39-,41-,44?,46?,62?/m1/s1. The van der Waals surface area contributed by atoms with Crippen LogP contribution in [-0.2, 0) is 24.1 Å². The topological polar surface area (TPSA) is 158 Å². The Kier molecular flexibility index (Phi) is 14.0. The van der Waals surface area contributed by atoms with Crippen LogP contribution < -0.4 is 20.3 Å². The third kappa shape index (κ3) is 8.59. The van der Waals surface area contributed by atoms with E-state index in [4.69, 9.17) is 33.0 Å². The Morgan fingerprint density at radius 1 is 0.968 bits per heavy atom. The summed E-state index contributed by atoms with van der Waals surface area (Å²) in [5, 5.41) is 12.9. The van der Waals surface area contributed by atoms with Gasteiger partial charge in [-0.1, -0.05) is 61.5 Å². The zero-order valence-corrected chi connectivity index (χ0v) is 38.1. The van der Waals surface area contributed by atoms with Crippen molar-refractivity contribution in [3.05, 3.63) is 112 Å². The second kappa shape index (κ2) is 19.3. The number of aromatic amines is 1. The number of anilines is 1. The van der Waals surface area contributed by atoms with E-state index in [2.05, 4.69) is 79.7 Å². The van der Waals surface area contributed by atoms with Crippen molar-refractivity contribution in [3.8, 4) is 17.6 Å². The number of nitriles is 1. The summed E-state index contributed by atoms with van der Waals surface area (Å²) in [5.74, 6) is 1.59. The van der Waals surface area contributed by atoms with E-state index in [1.165, 1.54) is 0 Å². The molecule has 5 unspecified atom stereocenters. The molecule has 1 aliphatic heterocycles. The van der Waals surface area contributed by atoms with Crippen LogP contribution in [0.1, 0.15) is 97.1 Å². The molecule has 0 amide bonds. The van der Waals surface area contributed by atoms with Gasteiger partial charge in [-0.05, 0) is 102 Å². The summed E-state index contributed by atoms with van der Waals surface area (Å²) < 4.78 is 44.5. The molecule has 3 aromatic carbocycles. The van der Waals surface area contributed by atoms with Gasteiger partial charge >= 0.3 is 0 Å². The van der Waals surface area contributed by atoms with Crippen LogP contribution in [0.25, 0.3) is 11.2 Å². The van der Waals surface area contributed by atoms with Crippen molar-refractivity contribution in [2.75, 3.05) is 26.1 Å². The Hall–Kier alpha value is -4.87. The molecular formula is C47H60N7O7P. The lowest BCUT2D eigenvalue weighted by molar-refractivity contribution is -0.202. The Balaban J connectivity index is 1.40. The highest BCUT2D eigenvalue weighted by Gasteiger charge is 2.66. The van der Waals surface area contributed by atoms with Crippen LogP contribution in [0.4, 0.5) is 5.95 Å². The Morgan fingerprint density at radius 3 is 2.15 bits per heavy atom. The molecular weight excluding hydrogens is 806 g/mol. The lowest BCUT2D eigenvalue weighted by atomic mass is 9.79. The molecule has 330 valence electrons. The van der Waals surface area contributed by atoms with Crippen molar-refractivity contribution in [2.24, 2.45) is 5.92 Å². The van der Waals surface area contributed by atoms with Gasteiger partial charge in [0.1, 0.15) is 35.0 Å². The first-order chi connectivity index (χ1) is 29.9. The number of nitrogens with zero attached hydrogens (tertiary/aromatic N) is 5. The Bertz CT molecular complexity index is 2300. The molecule has 2 fully saturated rings. The van der Waals surface area contributed by atoms with Gasteiger partial charge in [0.15, 0.2) is 11.2 Å². The largest absolute Gasteiger partial charge is 0.497 e. The molecule has 62 heavy (non-hydrogen) atoms. The number of H-pyrrole nitrogens is 1. The average molecular weight is 866 g/mol. The van der Waals surface area contributed by atoms with Crippen molar-refractivity contribution in [3.63, 3.8) is 0 Å². The molecule has 2 aliphatic rings. The van der Waals surface area contributed by atoms with E-state index in [1.807, 2.05) is 78.2 Å². The summed E-state index contributed by atoms with van der Waals surface area (Å²) in [7, 11) is 1.62. The molecule has 1 saturated carbocycles. The summed E-state index contributed by atoms with van der Waals surface area (Å²) in [6, 6.07) is 28.6. The summed E-state index contributed by atoms with van der Waals surface area (Å²) in [5.41, 5.74) is 0.787. The molecule has 5 aromatic rings. The van der Waals surface area contributed by atoms with E-state index in [0.717, 1.165) is 41.0 Å². The third-order valence-corrected chi connectivity index (χ3v) is 14.3. The minimum absolute atomic E-state index is 0.0735. The molecule has 1 aliphatic carbocycles. The van der Waals surface area contributed by atoms with Gasteiger partial charge in [0.2, 0.25) is 5.95 Å². The van der Waals surface area contributed by atoms with Crippen LogP contribution >= 0.6 is 8.53 Å². The van der Waals surface area contributed by atoms with E-state index < -0.39 is 38.2 Å². The van der Waals surface area contributed by atoms with Gasteiger partial charge in [-0.25, -0.2) is 9.65 Å². The molecule has 7 atom stereocenters. The lowest BCUT2D eigenvalue weighted by Gasteiger charge is -2.45. The lowest BCUT2D eigenvalue weighted by Crippen LogP contribution is -2.52. The van der Waals surface area contributed by atoms with Crippen LogP contribution in [0.3, 0.4) is 0 Å². The molecule has 15 heteroatoms. The smallest absolute Gasteiger partial charge is 0.280 e. The van der Waals surface area contributed by atoms with Gasteiger partial charge in [-0.15, -0.1) is 0 Å². The first-order valence-corrected chi connectivity index (χ1v) is 22.7. The number of rotatable bonds is 20. The molecule has 2 bridgehead atoms. The van der Waals surface area contributed by atoms with E-state index in [0.29, 0.717) is 18.0 Å². The van der Waals surface area contributed by atoms with Gasteiger partial charge < -0.3 is 33.3 Å². The summed E-state index contributed by atoms with van der Waals surface area (Å²) in [6.45, 7) is 14.9. The number of aromatic nitrogens is 4. The van der Waals surface area contributed by atoms with E-state index in [9.17, 15) is 10.1 Å². The number of hydrogen-bond donors (Lipinski definition) is 2. The monoisotopic (exact) mass is 865 g/mol. The molecule has 2 aromatic heterocycles. The van der Waals surface area contributed by atoms with E-state index >= 15 is 0 Å². The molecule has 3 heterocycles. The second-order valence-corrected chi connectivity index (χ2v) is 18.1. The maximum absolute atomic E-state index is 13.5. The minimum atomic E-state index is -1.69. The van der Waals surface area contributed by atoms with Gasteiger partial charge in [0.25, 0.3) is 14.1 Å². The molecule has 7 rings (SSSR count). The highest BCUT2D eigenvalue weighted by molar-refractivity contribution is 7.44. The molecule has 0 spiro atoms. The first-order valence-electron chi connectivity index (χ1n) is 21.6. The maximum Gasteiger partial charge on any atom is 0.280 e. The number of benzene rings is 3. The van der Waals surface area contributed by atoms with Crippen LogP contribution in [0.2, 0.25) is 0 Å². The zero-order valence-electron chi connectivity index (χ0n) is 37.2. The fourth-order valence-corrected chi connectivity index (χ4v) is 10.9.